The predicted octanol–water partition coefficient (Wildman–Crippen LogP) is 4.50. The molecule has 1 fully saturated rings. The zero-order valence-electron chi connectivity index (χ0n) is 20.0. The molecule has 1 atom stereocenters. The Balaban J connectivity index is 1.45. The molecule has 174 valence electrons. The first-order valence-electron chi connectivity index (χ1n) is 11.9. The Morgan fingerprint density at radius 2 is 1.94 bits per heavy atom. The average molecular weight is 455 g/mol. The fraction of sp³-hybridized carbons (Fsp3) is 0.333. The molecule has 1 aliphatic rings. The van der Waals surface area contributed by atoms with Crippen molar-refractivity contribution >= 4 is 23.2 Å². The van der Waals surface area contributed by atoms with Crippen molar-refractivity contribution in [1.29, 1.82) is 0 Å². The summed E-state index contributed by atoms with van der Waals surface area (Å²) in [5.74, 6) is 1.55. The zero-order chi connectivity index (χ0) is 23.7. The van der Waals surface area contributed by atoms with Crippen LogP contribution in [0.5, 0.6) is 0 Å². The van der Waals surface area contributed by atoms with Crippen LogP contribution in [-0.4, -0.2) is 38.6 Å². The average Bonchev–Trinajstić information content (AvgIpc) is 3.30. The van der Waals surface area contributed by atoms with E-state index in [4.69, 9.17) is 4.98 Å². The number of hydrogen-bond acceptors (Lipinski definition) is 5. The summed E-state index contributed by atoms with van der Waals surface area (Å²) in [5.41, 5.74) is 6.45. The Bertz CT molecular complexity index is 1330. The first-order valence-corrected chi connectivity index (χ1v) is 11.9. The van der Waals surface area contributed by atoms with E-state index in [1.807, 2.05) is 36.6 Å². The van der Waals surface area contributed by atoms with Crippen molar-refractivity contribution in [2.75, 3.05) is 23.3 Å². The number of nitrogens with one attached hydrogen (secondary N) is 1. The second-order valence-electron chi connectivity index (χ2n) is 9.23. The fourth-order valence-corrected chi connectivity index (χ4v) is 4.87. The maximum Gasteiger partial charge on any atom is 0.254 e. The van der Waals surface area contributed by atoms with Gasteiger partial charge in [-0.25, -0.2) is 4.98 Å². The van der Waals surface area contributed by atoms with Crippen molar-refractivity contribution < 1.29 is 4.79 Å². The molecule has 0 radical (unpaired) electrons. The molecule has 7 nitrogen and oxygen atoms in total. The summed E-state index contributed by atoms with van der Waals surface area (Å²) in [5, 5.41) is 7.66. The Morgan fingerprint density at radius 1 is 1.12 bits per heavy atom. The molecule has 1 amide bonds. The molecule has 34 heavy (non-hydrogen) atoms. The van der Waals surface area contributed by atoms with Crippen LogP contribution in [0.3, 0.4) is 0 Å². The summed E-state index contributed by atoms with van der Waals surface area (Å²) in [6.07, 6.45) is 4.10. The number of rotatable bonds is 5. The number of anilines is 2. The Morgan fingerprint density at radius 3 is 2.74 bits per heavy atom. The molecular formula is C27H30N6O. The number of hydrogen-bond donors (Lipinski definition) is 1. The van der Waals surface area contributed by atoms with E-state index >= 15 is 0 Å². The van der Waals surface area contributed by atoms with Crippen molar-refractivity contribution in [2.45, 2.75) is 40.0 Å². The third kappa shape index (κ3) is 4.38. The largest absolute Gasteiger partial charge is 0.355 e. The minimum atomic E-state index is -0.105. The number of fused-ring (bicyclic) bond motifs is 1. The van der Waals surface area contributed by atoms with E-state index < -0.39 is 0 Å². The van der Waals surface area contributed by atoms with Crippen molar-refractivity contribution in [3.63, 3.8) is 0 Å². The van der Waals surface area contributed by atoms with Gasteiger partial charge in [0, 0.05) is 36.5 Å². The highest BCUT2D eigenvalue weighted by Gasteiger charge is 2.30. The first kappa shape index (κ1) is 22.1. The molecule has 1 aliphatic heterocycles. The van der Waals surface area contributed by atoms with E-state index in [1.54, 1.807) is 6.33 Å². The SMILES string of the molecule is Cc1ccc(NC(=O)C2CCCN(c3c(Cc4ccccc4)c(C)nc4ncnn34)C2)c(C)c1. The van der Waals surface area contributed by atoms with Gasteiger partial charge in [-0.05, 0) is 50.8 Å². The van der Waals surface area contributed by atoms with Crippen LogP contribution in [-0.2, 0) is 11.2 Å². The minimum absolute atomic E-state index is 0.0712. The summed E-state index contributed by atoms with van der Waals surface area (Å²) in [6, 6.07) is 16.5. The van der Waals surface area contributed by atoms with Crippen molar-refractivity contribution in [2.24, 2.45) is 5.92 Å². The highest BCUT2D eigenvalue weighted by molar-refractivity contribution is 5.93. The lowest BCUT2D eigenvalue weighted by atomic mass is 9.95. The summed E-state index contributed by atoms with van der Waals surface area (Å²) in [4.78, 5) is 24.6. The number of aromatic nitrogens is 4. The number of nitrogens with zero attached hydrogens (tertiary/aromatic N) is 5. The monoisotopic (exact) mass is 454 g/mol. The number of aryl methyl sites for hydroxylation is 3. The number of amides is 1. The van der Waals surface area contributed by atoms with Gasteiger partial charge in [-0.3, -0.25) is 4.79 Å². The molecule has 2 aromatic heterocycles. The van der Waals surface area contributed by atoms with Gasteiger partial charge >= 0.3 is 0 Å². The van der Waals surface area contributed by atoms with Gasteiger partial charge in [0.15, 0.2) is 0 Å². The lowest BCUT2D eigenvalue weighted by Gasteiger charge is -2.35. The van der Waals surface area contributed by atoms with E-state index in [2.05, 4.69) is 57.6 Å². The zero-order valence-corrected chi connectivity index (χ0v) is 20.0. The van der Waals surface area contributed by atoms with Crippen LogP contribution in [0.4, 0.5) is 11.5 Å². The predicted molar refractivity (Wildman–Crippen MR) is 134 cm³/mol. The third-order valence-electron chi connectivity index (χ3n) is 6.66. The molecule has 0 aliphatic carbocycles. The molecule has 0 bridgehead atoms. The molecule has 7 heteroatoms. The van der Waals surface area contributed by atoms with Gasteiger partial charge in [0.1, 0.15) is 12.1 Å². The normalized spacial score (nSPS) is 16.1. The molecule has 0 saturated carbocycles. The van der Waals surface area contributed by atoms with Gasteiger partial charge in [-0.15, -0.1) is 0 Å². The van der Waals surface area contributed by atoms with Crippen LogP contribution in [0, 0.1) is 26.7 Å². The number of carbonyl (C=O) groups excluding carboxylic acids is 1. The smallest absolute Gasteiger partial charge is 0.254 e. The minimum Gasteiger partial charge on any atom is -0.355 e. The van der Waals surface area contributed by atoms with Crippen LogP contribution in [0.15, 0.2) is 54.9 Å². The Hall–Kier alpha value is -3.74. The van der Waals surface area contributed by atoms with Crippen LogP contribution >= 0.6 is 0 Å². The summed E-state index contributed by atoms with van der Waals surface area (Å²) >= 11 is 0. The van der Waals surface area contributed by atoms with Crippen molar-refractivity contribution in [3.05, 3.63) is 82.8 Å². The summed E-state index contributed by atoms with van der Waals surface area (Å²) in [7, 11) is 0. The lowest BCUT2D eigenvalue weighted by Crippen LogP contribution is -2.42. The van der Waals surface area contributed by atoms with Gasteiger partial charge in [0.25, 0.3) is 5.78 Å². The molecule has 2 aromatic carbocycles. The number of benzene rings is 2. The number of piperidine rings is 1. The summed E-state index contributed by atoms with van der Waals surface area (Å²) < 4.78 is 1.83. The second-order valence-corrected chi connectivity index (χ2v) is 9.23. The number of carbonyl (C=O) groups is 1. The molecule has 3 heterocycles. The fourth-order valence-electron chi connectivity index (χ4n) is 4.87. The molecule has 5 rings (SSSR count). The highest BCUT2D eigenvalue weighted by Crippen LogP contribution is 2.30. The quantitative estimate of drug-likeness (QED) is 0.481. The van der Waals surface area contributed by atoms with Gasteiger partial charge in [-0.1, -0.05) is 48.0 Å². The van der Waals surface area contributed by atoms with E-state index in [0.29, 0.717) is 12.3 Å². The van der Waals surface area contributed by atoms with E-state index in [1.165, 1.54) is 11.1 Å². The van der Waals surface area contributed by atoms with Gasteiger partial charge < -0.3 is 10.2 Å². The van der Waals surface area contributed by atoms with Gasteiger partial charge in [0.05, 0.1) is 5.92 Å². The van der Waals surface area contributed by atoms with Crippen molar-refractivity contribution in [1.82, 2.24) is 19.6 Å². The van der Waals surface area contributed by atoms with Crippen LogP contribution in [0.1, 0.15) is 40.8 Å². The van der Waals surface area contributed by atoms with E-state index in [-0.39, 0.29) is 11.8 Å². The first-order chi connectivity index (χ1) is 16.5. The van der Waals surface area contributed by atoms with Gasteiger partial charge in [0.2, 0.25) is 5.91 Å². The summed E-state index contributed by atoms with van der Waals surface area (Å²) in [6.45, 7) is 7.63. The third-order valence-corrected chi connectivity index (χ3v) is 6.66. The van der Waals surface area contributed by atoms with Crippen LogP contribution < -0.4 is 10.2 Å². The standard InChI is InChI=1S/C27H30N6O/c1-18-11-12-24(19(2)14-18)31-25(34)22-10-7-13-32(16-22)26-23(15-21-8-5-4-6-9-21)20(3)30-27-28-17-29-33(26)27/h4-6,8-9,11-12,14,17,22H,7,10,13,15-16H2,1-3H3,(H,31,34). The second kappa shape index (κ2) is 9.25. The molecule has 1 unspecified atom stereocenters. The molecule has 4 aromatic rings. The molecule has 1 saturated heterocycles. The van der Waals surface area contributed by atoms with Crippen molar-refractivity contribution in [3.8, 4) is 0 Å². The van der Waals surface area contributed by atoms with Crippen LogP contribution in [0.2, 0.25) is 0 Å². The Labute approximate surface area is 199 Å². The Kier molecular flexibility index (Phi) is 6.01. The van der Waals surface area contributed by atoms with Crippen LogP contribution in [0.25, 0.3) is 5.78 Å². The van der Waals surface area contributed by atoms with E-state index in [9.17, 15) is 4.79 Å². The molecule has 0 spiro atoms. The van der Waals surface area contributed by atoms with Gasteiger partial charge in [-0.2, -0.15) is 14.6 Å². The lowest BCUT2D eigenvalue weighted by molar-refractivity contribution is -0.120. The topological polar surface area (TPSA) is 75.4 Å². The maximum atomic E-state index is 13.3. The molecular weight excluding hydrogens is 424 g/mol. The molecule has 1 N–H and O–H groups in total. The maximum absolute atomic E-state index is 13.3. The highest BCUT2D eigenvalue weighted by atomic mass is 16.1. The van der Waals surface area contributed by atoms with E-state index in [0.717, 1.165) is 54.1 Å².